The van der Waals surface area contributed by atoms with Gasteiger partial charge in [-0.15, -0.1) is 0 Å². The molecule has 0 bridgehead atoms. The van der Waals surface area contributed by atoms with Gasteiger partial charge in [-0.25, -0.2) is 4.39 Å². The average molecular weight is 338 g/mol. The average Bonchev–Trinajstić information content (AvgIpc) is 2.47. The molecule has 2 rings (SSSR count). The largest absolute Gasteiger partial charge is 0.496 e. The monoisotopic (exact) mass is 337 g/mol. The second-order valence-electron chi connectivity index (χ2n) is 4.44. The van der Waals surface area contributed by atoms with Crippen LogP contribution in [-0.2, 0) is 0 Å². The molecule has 0 saturated heterocycles. The van der Waals surface area contributed by atoms with Crippen molar-refractivity contribution in [1.29, 1.82) is 0 Å². The number of rotatable bonds is 5. The highest BCUT2D eigenvalue weighted by Crippen LogP contribution is 2.33. The molecule has 0 aliphatic carbocycles. The van der Waals surface area contributed by atoms with E-state index in [9.17, 15) is 4.39 Å². The molecule has 0 aliphatic rings. The molecule has 1 N–H and O–H groups in total. The molecule has 20 heavy (non-hydrogen) atoms. The van der Waals surface area contributed by atoms with Crippen molar-refractivity contribution in [2.24, 2.45) is 0 Å². The van der Waals surface area contributed by atoms with Crippen molar-refractivity contribution in [2.45, 2.75) is 19.4 Å². The van der Waals surface area contributed by atoms with E-state index in [0.717, 1.165) is 17.7 Å². The van der Waals surface area contributed by atoms with E-state index in [4.69, 9.17) is 4.74 Å². The van der Waals surface area contributed by atoms with E-state index < -0.39 is 0 Å². The summed E-state index contributed by atoms with van der Waals surface area (Å²) in [7, 11) is 1.64. The highest BCUT2D eigenvalue weighted by molar-refractivity contribution is 9.10. The van der Waals surface area contributed by atoms with Gasteiger partial charge in [-0.05, 0) is 40.5 Å². The zero-order chi connectivity index (χ0) is 14.5. The smallest absolute Gasteiger partial charge is 0.147 e. The third-order valence-electron chi connectivity index (χ3n) is 3.20. The summed E-state index contributed by atoms with van der Waals surface area (Å²) in [6, 6.07) is 12.7. The van der Waals surface area contributed by atoms with Gasteiger partial charge in [0.25, 0.3) is 0 Å². The van der Waals surface area contributed by atoms with E-state index in [-0.39, 0.29) is 11.9 Å². The SMILES string of the molecule is CCC(Nc1c(F)cccc1Br)c1ccccc1OC. The van der Waals surface area contributed by atoms with Crippen LogP contribution in [0.3, 0.4) is 0 Å². The molecule has 0 heterocycles. The van der Waals surface area contributed by atoms with E-state index in [1.807, 2.05) is 30.3 Å². The minimum atomic E-state index is -0.271. The second kappa shape index (κ2) is 6.75. The highest BCUT2D eigenvalue weighted by Gasteiger charge is 2.16. The molecule has 0 fully saturated rings. The lowest BCUT2D eigenvalue weighted by Crippen LogP contribution is -2.12. The first-order chi connectivity index (χ1) is 9.67. The molecule has 2 aromatic rings. The van der Waals surface area contributed by atoms with Gasteiger partial charge < -0.3 is 10.1 Å². The standard InChI is InChI=1S/C16H17BrFNO/c1-3-14(11-7-4-5-10-15(11)20-2)19-16-12(17)8-6-9-13(16)18/h4-10,14,19H,3H2,1-2H3. The molecule has 0 aromatic heterocycles. The number of ether oxygens (including phenoxy) is 1. The Balaban J connectivity index is 2.34. The quantitative estimate of drug-likeness (QED) is 0.813. The Morgan fingerprint density at radius 1 is 1.20 bits per heavy atom. The van der Waals surface area contributed by atoms with Crippen molar-refractivity contribution in [2.75, 3.05) is 12.4 Å². The third-order valence-corrected chi connectivity index (χ3v) is 3.86. The Kier molecular flexibility index (Phi) is 5.01. The van der Waals surface area contributed by atoms with Crippen molar-refractivity contribution in [3.8, 4) is 5.75 Å². The van der Waals surface area contributed by atoms with Crippen LogP contribution in [0.2, 0.25) is 0 Å². The predicted octanol–water partition coefficient (Wildman–Crippen LogP) is 5.16. The van der Waals surface area contributed by atoms with Crippen LogP contribution in [0.1, 0.15) is 24.9 Å². The van der Waals surface area contributed by atoms with Crippen molar-refractivity contribution in [3.05, 3.63) is 58.3 Å². The highest BCUT2D eigenvalue weighted by atomic mass is 79.9. The zero-order valence-electron chi connectivity index (χ0n) is 11.5. The molecular formula is C16H17BrFNO. The first-order valence-corrected chi connectivity index (χ1v) is 7.30. The number of anilines is 1. The fourth-order valence-electron chi connectivity index (χ4n) is 2.16. The summed E-state index contributed by atoms with van der Waals surface area (Å²) in [5.41, 5.74) is 1.50. The van der Waals surface area contributed by atoms with E-state index in [1.54, 1.807) is 13.2 Å². The number of hydrogen-bond donors (Lipinski definition) is 1. The van der Waals surface area contributed by atoms with Crippen molar-refractivity contribution < 1.29 is 9.13 Å². The second-order valence-corrected chi connectivity index (χ2v) is 5.30. The van der Waals surface area contributed by atoms with E-state index in [2.05, 4.69) is 28.2 Å². The van der Waals surface area contributed by atoms with Crippen LogP contribution in [0.5, 0.6) is 5.75 Å². The van der Waals surface area contributed by atoms with Crippen molar-refractivity contribution in [1.82, 2.24) is 0 Å². The normalized spacial score (nSPS) is 12.0. The number of para-hydroxylation sites is 2. The fourth-order valence-corrected chi connectivity index (χ4v) is 2.62. The Morgan fingerprint density at radius 2 is 1.95 bits per heavy atom. The van der Waals surface area contributed by atoms with Crippen LogP contribution >= 0.6 is 15.9 Å². The van der Waals surface area contributed by atoms with Gasteiger partial charge in [-0.3, -0.25) is 0 Å². The summed E-state index contributed by atoms with van der Waals surface area (Å²) in [6.45, 7) is 2.05. The predicted molar refractivity (Wildman–Crippen MR) is 83.7 cm³/mol. The molecule has 1 atom stereocenters. The molecule has 2 nitrogen and oxygen atoms in total. The maximum absolute atomic E-state index is 13.9. The molecule has 0 spiro atoms. The minimum Gasteiger partial charge on any atom is -0.496 e. The van der Waals surface area contributed by atoms with E-state index in [0.29, 0.717) is 10.2 Å². The fraction of sp³-hybridized carbons (Fsp3) is 0.250. The number of hydrogen-bond acceptors (Lipinski definition) is 2. The van der Waals surface area contributed by atoms with Crippen LogP contribution < -0.4 is 10.1 Å². The lowest BCUT2D eigenvalue weighted by molar-refractivity contribution is 0.406. The molecule has 0 aliphatic heterocycles. The number of methoxy groups -OCH3 is 1. The van der Waals surface area contributed by atoms with Gasteiger partial charge in [-0.1, -0.05) is 31.2 Å². The van der Waals surface area contributed by atoms with Crippen LogP contribution in [0.15, 0.2) is 46.9 Å². The lowest BCUT2D eigenvalue weighted by Gasteiger charge is -2.22. The maximum atomic E-state index is 13.9. The van der Waals surface area contributed by atoms with Crippen LogP contribution in [0, 0.1) is 5.82 Å². The van der Waals surface area contributed by atoms with Crippen molar-refractivity contribution >= 4 is 21.6 Å². The lowest BCUT2D eigenvalue weighted by atomic mass is 10.0. The molecule has 4 heteroatoms. The maximum Gasteiger partial charge on any atom is 0.147 e. The molecule has 2 aromatic carbocycles. The summed E-state index contributed by atoms with van der Waals surface area (Å²) >= 11 is 3.38. The number of nitrogens with one attached hydrogen (secondary N) is 1. The summed E-state index contributed by atoms with van der Waals surface area (Å²) in [6.07, 6.45) is 0.821. The Labute approximate surface area is 127 Å². The zero-order valence-corrected chi connectivity index (χ0v) is 13.1. The van der Waals surface area contributed by atoms with Gasteiger partial charge >= 0.3 is 0 Å². The Hall–Kier alpha value is -1.55. The van der Waals surface area contributed by atoms with Crippen LogP contribution in [0.25, 0.3) is 0 Å². The van der Waals surface area contributed by atoms with Gasteiger partial charge in [0.2, 0.25) is 0 Å². The summed E-state index contributed by atoms with van der Waals surface area (Å²) in [5, 5.41) is 3.25. The minimum absolute atomic E-state index is 0.0145. The molecule has 0 amide bonds. The number of halogens is 2. The molecule has 0 radical (unpaired) electrons. The van der Waals surface area contributed by atoms with Gasteiger partial charge in [-0.2, -0.15) is 0 Å². The summed E-state index contributed by atoms with van der Waals surface area (Å²) in [4.78, 5) is 0. The van der Waals surface area contributed by atoms with E-state index >= 15 is 0 Å². The third kappa shape index (κ3) is 3.12. The number of benzene rings is 2. The molecule has 1 unspecified atom stereocenters. The molecular weight excluding hydrogens is 321 g/mol. The Bertz CT molecular complexity index is 568. The summed E-state index contributed by atoms with van der Waals surface area (Å²) in [5.74, 6) is 0.534. The molecule has 106 valence electrons. The van der Waals surface area contributed by atoms with Crippen LogP contribution in [-0.4, -0.2) is 7.11 Å². The van der Waals surface area contributed by atoms with Crippen molar-refractivity contribution in [3.63, 3.8) is 0 Å². The Morgan fingerprint density at radius 3 is 2.60 bits per heavy atom. The van der Waals surface area contributed by atoms with Crippen LogP contribution in [0.4, 0.5) is 10.1 Å². The topological polar surface area (TPSA) is 21.3 Å². The first-order valence-electron chi connectivity index (χ1n) is 6.50. The van der Waals surface area contributed by atoms with Gasteiger partial charge in [0, 0.05) is 10.0 Å². The summed E-state index contributed by atoms with van der Waals surface area (Å²) < 4.78 is 20.0. The van der Waals surface area contributed by atoms with Gasteiger partial charge in [0.1, 0.15) is 11.6 Å². The van der Waals surface area contributed by atoms with E-state index in [1.165, 1.54) is 6.07 Å². The van der Waals surface area contributed by atoms with Gasteiger partial charge in [0.15, 0.2) is 0 Å². The first kappa shape index (κ1) is 14.9. The molecule has 0 saturated carbocycles. The van der Waals surface area contributed by atoms with Gasteiger partial charge in [0.05, 0.1) is 18.8 Å².